The van der Waals surface area contributed by atoms with E-state index in [0.717, 1.165) is 11.1 Å². The van der Waals surface area contributed by atoms with E-state index in [4.69, 9.17) is 16.1 Å². The predicted octanol–water partition coefficient (Wildman–Crippen LogP) is 4.99. The number of benzene rings is 2. The van der Waals surface area contributed by atoms with Crippen molar-refractivity contribution in [2.75, 3.05) is 0 Å². The third-order valence-corrected chi connectivity index (χ3v) is 4.88. The third kappa shape index (κ3) is 2.80. The summed E-state index contributed by atoms with van der Waals surface area (Å²) in [6, 6.07) is 16.1. The molecule has 1 aliphatic rings. The van der Waals surface area contributed by atoms with E-state index in [1.54, 1.807) is 31.3 Å². The van der Waals surface area contributed by atoms with Gasteiger partial charge in [0, 0.05) is 11.8 Å². The van der Waals surface area contributed by atoms with Gasteiger partial charge in [-0.15, -0.1) is 0 Å². The molecule has 0 aliphatic carbocycles. The Kier molecular flexibility index (Phi) is 4.27. The maximum atomic E-state index is 13.3. The molecule has 5 nitrogen and oxygen atoms in total. The van der Waals surface area contributed by atoms with Crippen molar-refractivity contribution in [2.45, 2.75) is 13.0 Å². The molecule has 0 N–H and O–H groups in total. The first-order chi connectivity index (χ1) is 13.1. The smallest absolute Gasteiger partial charge is 0.265 e. The minimum atomic E-state index is -0.730. The largest absolute Gasteiger partial charge is 0.360 e. The SMILES string of the molecule is Cc1onc(-c2ccccc2Cl)c1C(=O)N1C=Cc2ccccc2[C@@H]1C#N. The Bertz CT molecular complexity index is 1110. The number of carbonyl (C=O) groups is 1. The van der Waals surface area contributed by atoms with Crippen molar-refractivity contribution < 1.29 is 9.32 Å². The molecule has 2 aromatic carbocycles. The van der Waals surface area contributed by atoms with Gasteiger partial charge in [0.2, 0.25) is 0 Å². The van der Waals surface area contributed by atoms with Crippen molar-refractivity contribution in [3.63, 3.8) is 0 Å². The highest BCUT2D eigenvalue weighted by molar-refractivity contribution is 6.33. The van der Waals surface area contributed by atoms with Crippen molar-refractivity contribution in [2.24, 2.45) is 0 Å². The highest BCUT2D eigenvalue weighted by Gasteiger charge is 2.33. The van der Waals surface area contributed by atoms with Gasteiger partial charge in [-0.1, -0.05) is 59.2 Å². The summed E-state index contributed by atoms with van der Waals surface area (Å²) < 4.78 is 5.29. The zero-order valence-electron chi connectivity index (χ0n) is 14.4. The average Bonchev–Trinajstić information content (AvgIpc) is 3.08. The van der Waals surface area contributed by atoms with E-state index in [2.05, 4.69) is 11.2 Å². The van der Waals surface area contributed by atoms with Crippen LogP contribution in [0.25, 0.3) is 17.3 Å². The van der Waals surface area contributed by atoms with Crippen LogP contribution in [0, 0.1) is 18.3 Å². The minimum absolute atomic E-state index is 0.299. The van der Waals surface area contributed by atoms with Crippen LogP contribution in [-0.4, -0.2) is 16.0 Å². The van der Waals surface area contributed by atoms with Crippen LogP contribution in [0.2, 0.25) is 5.02 Å². The summed E-state index contributed by atoms with van der Waals surface area (Å²) in [6.07, 6.45) is 3.44. The Labute approximate surface area is 161 Å². The normalized spacial score (nSPS) is 15.3. The summed E-state index contributed by atoms with van der Waals surface area (Å²) >= 11 is 6.28. The molecule has 3 aromatic rings. The third-order valence-electron chi connectivity index (χ3n) is 4.55. The lowest BCUT2D eigenvalue weighted by Gasteiger charge is -2.28. The topological polar surface area (TPSA) is 70.1 Å². The Balaban J connectivity index is 1.80. The second-order valence-electron chi connectivity index (χ2n) is 6.13. The maximum Gasteiger partial charge on any atom is 0.265 e. The molecule has 0 radical (unpaired) electrons. The molecule has 0 unspecified atom stereocenters. The molecule has 27 heavy (non-hydrogen) atoms. The maximum absolute atomic E-state index is 13.3. The molecule has 0 saturated carbocycles. The number of halogens is 1. The minimum Gasteiger partial charge on any atom is -0.360 e. The van der Waals surface area contributed by atoms with Crippen LogP contribution in [0.3, 0.4) is 0 Å². The lowest BCUT2D eigenvalue weighted by atomic mass is 9.96. The molecule has 0 fully saturated rings. The fraction of sp³-hybridized carbons (Fsp3) is 0.0952. The number of hydrogen-bond acceptors (Lipinski definition) is 4. The van der Waals surface area contributed by atoms with Gasteiger partial charge >= 0.3 is 0 Å². The summed E-state index contributed by atoms with van der Waals surface area (Å²) in [5.74, 6) is 0.0137. The lowest BCUT2D eigenvalue weighted by Crippen LogP contribution is -2.32. The fourth-order valence-electron chi connectivity index (χ4n) is 3.22. The van der Waals surface area contributed by atoms with Crippen LogP contribution in [0.4, 0.5) is 0 Å². The van der Waals surface area contributed by atoms with Gasteiger partial charge in [-0.2, -0.15) is 5.26 Å². The summed E-state index contributed by atoms with van der Waals surface area (Å²) in [5, 5.41) is 14.2. The molecule has 1 amide bonds. The second-order valence-corrected chi connectivity index (χ2v) is 6.54. The summed E-state index contributed by atoms with van der Waals surface area (Å²) in [7, 11) is 0. The van der Waals surface area contributed by atoms with Gasteiger partial charge < -0.3 is 4.52 Å². The van der Waals surface area contributed by atoms with E-state index < -0.39 is 6.04 Å². The van der Waals surface area contributed by atoms with E-state index in [0.29, 0.717) is 27.6 Å². The number of carbonyl (C=O) groups excluding carboxylic acids is 1. The van der Waals surface area contributed by atoms with E-state index in [1.165, 1.54) is 4.90 Å². The second kappa shape index (κ2) is 6.75. The van der Waals surface area contributed by atoms with Crippen LogP contribution in [0.15, 0.2) is 59.3 Å². The van der Waals surface area contributed by atoms with Crippen molar-refractivity contribution in [1.29, 1.82) is 5.26 Å². The molecular weight excluding hydrogens is 362 g/mol. The highest BCUT2D eigenvalue weighted by atomic mass is 35.5. The lowest BCUT2D eigenvalue weighted by molar-refractivity contribution is 0.0793. The molecule has 0 saturated heterocycles. The zero-order chi connectivity index (χ0) is 19.0. The molecule has 1 atom stereocenters. The average molecular weight is 376 g/mol. The fourth-order valence-corrected chi connectivity index (χ4v) is 3.44. The Morgan fingerprint density at radius 1 is 1.22 bits per heavy atom. The standard InChI is InChI=1S/C21H14ClN3O2/c1-13-19(20(24-27-13)16-8-4-5-9-17(16)22)21(26)25-11-10-14-6-2-3-7-15(14)18(25)12-23/h2-11,18H,1H3/t18-/m0/s1. The highest BCUT2D eigenvalue weighted by Crippen LogP contribution is 2.35. The summed E-state index contributed by atoms with van der Waals surface area (Å²) in [6.45, 7) is 1.67. The van der Waals surface area contributed by atoms with Crippen LogP contribution in [0.1, 0.15) is 33.3 Å². The van der Waals surface area contributed by atoms with Crippen LogP contribution in [0.5, 0.6) is 0 Å². The number of aryl methyl sites for hydroxylation is 1. The first-order valence-electron chi connectivity index (χ1n) is 8.32. The van der Waals surface area contributed by atoms with E-state index >= 15 is 0 Å². The monoisotopic (exact) mass is 375 g/mol. The number of rotatable bonds is 2. The first-order valence-corrected chi connectivity index (χ1v) is 8.70. The van der Waals surface area contributed by atoms with E-state index in [-0.39, 0.29) is 5.91 Å². The van der Waals surface area contributed by atoms with Gasteiger partial charge in [-0.05, 0) is 30.2 Å². The zero-order valence-corrected chi connectivity index (χ0v) is 15.1. The Morgan fingerprint density at radius 3 is 2.74 bits per heavy atom. The van der Waals surface area contributed by atoms with Crippen molar-refractivity contribution >= 4 is 23.6 Å². The van der Waals surface area contributed by atoms with Crippen molar-refractivity contribution in [1.82, 2.24) is 10.1 Å². The Hall–Kier alpha value is -3.36. The molecular formula is C21H14ClN3O2. The predicted molar refractivity (Wildman–Crippen MR) is 102 cm³/mol. The molecule has 0 spiro atoms. The molecule has 6 heteroatoms. The van der Waals surface area contributed by atoms with Crippen molar-refractivity contribution in [3.05, 3.63) is 82.2 Å². The molecule has 0 bridgehead atoms. The van der Waals surface area contributed by atoms with Gasteiger partial charge in [0.15, 0.2) is 0 Å². The molecule has 2 heterocycles. The summed E-state index contributed by atoms with van der Waals surface area (Å²) in [5.41, 5.74) is 2.97. The summed E-state index contributed by atoms with van der Waals surface area (Å²) in [4.78, 5) is 14.8. The number of hydrogen-bond donors (Lipinski definition) is 0. The number of aromatic nitrogens is 1. The molecule has 132 valence electrons. The van der Waals surface area contributed by atoms with Crippen LogP contribution >= 0.6 is 11.6 Å². The number of amides is 1. The van der Waals surface area contributed by atoms with Gasteiger partial charge in [-0.3, -0.25) is 9.69 Å². The van der Waals surface area contributed by atoms with Crippen LogP contribution < -0.4 is 0 Å². The number of nitriles is 1. The van der Waals surface area contributed by atoms with Gasteiger partial charge in [0.25, 0.3) is 5.91 Å². The van der Waals surface area contributed by atoms with E-state index in [1.807, 2.05) is 36.4 Å². The van der Waals surface area contributed by atoms with Crippen molar-refractivity contribution in [3.8, 4) is 17.3 Å². The quantitative estimate of drug-likeness (QED) is 0.632. The van der Waals surface area contributed by atoms with E-state index in [9.17, 15) is 10.1 Å². The number of fused-ring (bicyclic) bond motifs is 1. The van der Waals surface area contributed by atoms with Crippen LogP contribution in [-0.2, 0) is 0 Å². The molecule has 4 rings (SSSR count). The van der Waals surface area contributed by atoms with Gasteiger partial charge in [-0.25, -0.2) is 0 Å². The molecule has 1 aromatic heterocycles. The van der Waals surface area contributed by atoms with Gasteiger partial charge in [0.05, 0.1) is 11.1 Å². The molecule has 1 aliphatic heterocycles. The first kappa shape index (κ1) is 17.1. The number of nitrogens with zero attached hydrogens (tertiary/aromatic N) is 3. The van der Waals surface area contributed by atoms with Gasteiger partial charge in [0.1, 0.15) is 23.1 Å². The Morgan fingerprint density at radius 2 is 1.96 bits per heavy atom.